The maximum atomic E-state index is 12.3. The second-order valence-electron chi connectivity index (χ2n) is 7.16. The van der Waals surface area contributed by atoms with Crippen molar-refractivity contribution in [3.63, 3.8) is 0 Å². The van der Waals surface area contributed by atoms with Crippen LogP contribution in [0.4, 0.5) is 52.7 Å². The Labute approximate surface area is 228 Å². The van der Waals surface area contributed by atoms with Crippen LogP contribution in [0.1, 0.15) is 0 Å². The van der Waals surface area contributed by atoms with Gasteiger partial charge in [0.05, 0.1) is 0 Å². The maximum absolute atomic E-state index is 12.3. The van der Waals surface area contributed by atoms with Crippen LogP contribution in [0.2, 0.25) is 24.2 Å². The number of carbonyl (C=O) groups excluding carboxylic acids is 4. The summed E-state index contributed by atoms with van der Waals surface area (Å²) in [6.45, 7) is 1.54. The normalized spacial score (nSPS) is 13.4. The van der Waals surface area contributed by atoms with Crippen molar-refractivity contribution >= 4 is 40.3 Å². The van der Waals surface area contributed by atoms with Gasteiger partial charge in [-0.3, -0.25) is 19.2 Å². The fourth-order valence-electron chi connectivity index (χ4n) is 2.48. The van der Waals surface area contributed by atoms with E-state index in [1.165, 1.54) is 0 Å². The molecule has 8 nitrogen and oxygen atoms in total. The first-order valence-corrected chi connectivity index (χ1v) is 14.1. The minimum atomic E-state index is -5.60. The SMILES string of the molecule is CO[Si](C)(OC)C(C(=O)C(F)(F)F)C(=O)C(F)(F)F.CO[Si](C)(OC)C(C(=O)C(F)(F)F)C(=O)C(F)(F)F.[Pt+2]. The molecule has 0 fully saturated rings. The van der Waals surface area contributed by atoms with E-state index in [9.17, 15) is 71.9 Å². The van der Waals surface area contributed by atoms with Gasteiger partial charge in [0.15, 0.2) is 0 Å². The summed E-state index contributed by atoms with van der Waals surface area (Å²) in [5, 5.41) is 0. The molecule has 0 aromatic heterocycles. The Balaban J connectivity index is -0.000000648. The molecule has 0 radical (unpaired) electrons. The standard InChI is InChI=1S/2C8H10F6O4Si.Pt/c2*1-17-19(3,18-2)4(5(15)7(9,10)11)6(16)8(12,13)14;/h2*4H,1-3H3;/q;;+2. The van der Waals surface area contributed by atoms with Crippen molar-refractivity contribution in [2.75, 3.05) is 28.4 Å². The Morgan fingerprint density at radius 1 is 0.462 bits per heavy atom. The van der Waals surface area contributed by atoms with Crippen molar-refractivity contribution in [1.29, 1.82) is 0 Å². The third-order valence-corrected chi connectivity index (χ3v) is 11.2. The molecule has 0 aromatic rings. The molecule has 0 spiro atoms. The molecule has 0 unspecified atom stereocenters. The molecule has 0 amide bonds. The van der Waals surface area contributed by atoms with Crippen molar-refractivity contribution in [2.24, 2.45) is 0 Å². The summed E-state index contributed by atoms with van der Waals surface area (Å²) in [6, 6.07) is 0. The average molecular weight is 820 g/mol. The quantitative estimate of drug-likeness (QED) is 0.186. The van der Waals surface area contributed by atoms with Crippen LogP contribution in [0.5, 0.6) is 0 Å². The second-order valence-corrected chi connectivity index (χ2v) is 14.0. The van der Waals surface area contributed by atoms with Crippen LogP contribution >= 0.6 is 0 Å². The van der Waals surface area contributed by atoms with Gasteiger partial charge in [0.25, 0.3) is 0 Å². The van der Waals surface area contributed by atoms with Crippen LogP contribution in [0, 0.1) is 0 Å². The summed E-state index contributed by atoms with van der Waals surface area (Å²) in [5.74, 6) is -11.3. The Kier molecular flexibility index (Phi) is 15.8. The molecule has 0 aliphatic rings. The van der Waals surface area contributed by atoms with E-state index in [0.29, 0.717) is 0 Å². The van der Waals surface area contributed by atoms with E-state index in [1.807, 2.05) is 0 Å². The van der Waals surface area contributed by atoms with E-state index >= 15 is 0 Å². The number of rotatable bonds is 10. The molecule has 0 atom stereocenters. The Morgan fingerprint density at radius 2 is 0.590 bits per heavy atom. The number of ketones is 4. The minimum Gasteiger partial charge on any atom is -0.397 e. The molecule has 0 heterocycles. The summed E-state index contributed by atoms with van der Waals surface area (Å²) in [7, 11) is -5.53. The van der Waals surface area contributed by atoms with E-state index in [2.05, 4.69) is 17.7 Å². The van der Waals surface area contributed by atoms with Gasteiger partial charge < -0.3 is 17.7 Å². The Hall–Kier alpha value is -1.20. The predicted molar refractivity (Wildman–Crippen MR) is 103 cm³/mol. The van der Waals surface area contributed by atoms with Crippen LogP contribution in [-0.2, 0) is 57.9 Å². The molecule has 0 saturated heterocycles. The van der Waals surface area contributed by atoms with Crippen molar-refractivity contribution in [3.05, 3.63) is 0 Å². The van der Waals surface area contributed by atoms with Gasteiger partial charge in [0.1, 0.15) is 11.1 Å². The minimum absolute atomic E-state index is 0. The Morgan fingerprint density at radius 3 is 0.667 bits per heavy atom. The van der Waals surface area contributed by atoms with E-state index in [-0.39, 0.29) is 21.1 Å². The smallest absolute Gasteiger partial charge is 0.397 e. The number of hydrogen-bond donors (Lipinski definition) is 0. The number of halogens is 12. The molecule has 232 valence electrons. The average Bonchev–Trinajstić information content (AvgIpc) is 2.76. The summed E-state index contributed by atoms with van der Waals surface area (Å²) >= 11 is 0. The maximum Gasteiger partial charge on any atom is 2.00 e. The molecule has 0 aromatic carbocycles. The first-order valence-electron chi connectivity index (χ1n) is 9.27. The van der Waals surface area contributed by atoms with Crippen molar-refractivity contribution in [1.82, 2.24) is 0 Å². The van der Waals surface area contributed by atoms with Crippen LogP contribution in [0.3, 0.4) is 0 Å². The summed E-state index contributed by atoms with van der Waals surface area (Å²) in [6.07, 6.45) is -22.4. The second kappa shape index (κ2) is 14.6. The van der Waals surface area contributed by atoms with Gasteiger partial charge in [-0.1, -0.05) is 0 Å². The zero-order chi connectivity index (χ0) is 31.3. The third-order valence-electron chi connectivity index (χ3n) is 4.84. The molecule has 23 heteroatoms. The monoisotopic (exact) mass is 819 g/mol. The van der Waals surface area contributed by atoms with Gasteiger partial charge in [-0.05, 0) is 13.1 Å². The molecular weight excluding hydrogens is 799 g/mol. The molecule has 0 aliphatic carbocycles. The summed E-state index contributed by atoms with van der Waals surface area (Å²) in [4.78, 5) is 44.2. The summed E-state index contributed by atoms with van der Waals surface area (Å²) < 4.78 is 165. The van der Waals surface area contributed by atoms with Crippen LogP contribution in [0.15, 0.2) is 0 Å². The summed E-state index contributed by atoms with van der Waals surface area (Å²) in [5.41, 5.74) is -6.11. The number of hydrogen-bond acceptors (Lipinski definition) is 8. The van der Waals surface area contributed by atoms with E-state index < -0.39 is 76.0 Å². The van der Waals surface area contributed by atoms with Gasteiger partial charge >= 0.3 is 62.9 Å². The van der Waals surface area contributed by atoms with Crippen LogP contribution in [0.25, 0.3) is 0 Å². The van der Waals surface area contributed by atoms with Crippen molar-refractivity contribution in [3.8, 4) is 0 Å². The molecule has 0 N–H and O–H groups in total. The molecule has 0 bridgehead atoms. The third kappa shape index (κ3) is 11.3. The largest absolute Gasteiger partial charge is 2.00 e. The molecule has 39 heavy (non-hydrogen) atoms. The van der Waals surface area contributed by atoms with Gasteiger partial charge in [0.2, 0.25) is 23.1 Å². The number of Topliss-reactive ketones (excluding diaryl/α,β-unsaturated/α-hetero) is 4. The number of carbonyl (C=O) groups is 4. The topological polar surface area (TPSA) is 105 Å². The van der Waals surface area contributed by atoms with Crippen molar-refractivity contribution < 1.29 is 111 Å². The van der Waals surface area contributed by atoms with E-state index in [0.717, 1.165) is 41.5 Å². The molecule has 0 rings (SSSR count). The first kappa shape index (κ1) is 42.3. The fraction of sp³-hybridized carbons (Fsp3) is 0.750. The number of alkyl halides is 12. The zero-order valence-electron chi connectivity index (χ0n) is 20.3. The van der Waals surface area contributed by atoms with E-state index in [1.54, 1.807) is 0 Å². The van der Waals surface area contributed by atoms with Crippen molar-refractivity contribution in [2.45, 2.75) is 48.9 Å². The predicted octanol–water partition coefficient (Wildman–Crippen LogP) is 3.97. The molecule has 0 saturated carbocycles. The van der Waals surface area contributed by atoms with Gasteiger partial charge in [-0.15, -0.1) is 0 Å². The molecule has 0 aliphatic heterocycles. The fourth-order valence-corrected chi connectivity index (χ4v) is 6.32. The zero-order valence-corrected chi connectivity index (χ0v) is 24.5. The van der Waals surface area contributed by atoms with Gasteiger partial charge in [0, 0.05) is 28.4 Å². The van der Waals surface area contributed by atoms with Crippen LogP contribution < -0.4 is 0 Å². The first-order chi connectivity index (χ1) is 16.6. The van der Waals surface area contributed by atoms with Gasteiger partial charge in [-0.25, -0.2) is 0 Å². The van der Waals surface area contributed by atoms with Crippen LogP contribution in [-0.4, -0.2) is 93.4 Å². The van der Waals surface area contributed by atoms with E-state index in [4.69, 9.17) is 0 Å². The van der Waals surface area contributed by atoms with Gasteiger partial charge in [-0.2, -0.15) is 52.7 Å². The molecular formula is C16H20F12O8PtSi2+2. The Bertz CT molecular complexity index is 743.